The molecule has 0 N–H and O–H groups in total. The Hall–Kier alpha value is -1.50. The molecule has 1 rings (SSSR count). The molecule has 0 atom stereocenters. The molecule has 4 heteroatoms. The standard InChI is InChI=1S/C11H10F3N/c1-2-3-8-4-9(7-15)6-10(5-8)11(12,13)14/h4-6H,2-3H2,1H3. The Morgan fingerprint density at radius 2 is 1.93 bits per heavy atom. The molecule has 1 aromatic carbocycles. The van der Waals surface area contributed by atoms with Gasteiger partial charge in [-0.1, -0.05) is 13.3 Å². The molecule has 0 spiro atoms. The van der Waals surface area contributed by atoms with Crippen LogP contribution in [0.25, 0.3) is 0 Å². The second-order valence-corrected chi connectivity index (χ2v) is 3.28. The first-order valence-corrected chi connectivity index (χ1v) is 4.58. The van der Waals surface area contributed by atoms with Gasteiger partial charge >= 0.3 is 6.18 Å². The SMILES string of the molecule is CCCc1cc(C#N)cc(C(F)(F)F)c1. The lowest BCUT2D eigenvalue weighted by atomic mass is 10.0. The highest BCUT2D eigenvalue weighted by atomic mass is 19.4. The van der Waals surface area contributed by atoms with E-state index in [0.717, 1.165) is 18.6 Å². The number of nitrogens with zero attached hydrogens (tertiary/aromatic N) is 1. The van der Waals surface area contributed by atoms with Crippen LogP contribution in [-0.4, -0.2) is 0 Å². The minimum atomic E-state index is -4.38. The number of halogens is 3. The maximum Gasteiger partial charge on any atom is 0.416 e. The molecule has 0 saturated carbocycles. The molecule has 0 bridgehead atoms. The Kier molecular flexibility index (Phi) is 3.35. The van der Waals surface area contributed by atoms with Crippen molar-refractivity contribution in [3.8, 4) is 6.07 Å². The van der Waals surface area contributed by atoms with Crippen LogP contribution in [-0.2, 0) is 12.6 Å². The second kappa shape index (κ2) is 4.35. The van der Waals surface area contributed by atoms with E-state index in [0.29, 0.717) is 12.0 Å². The molecular weight excluding hydrogens is 203 g/mol. The topological polar surface area (TPSA) is 23.8 Å². The third-order valence-corrected chi connectivity index (χ3v) is 1.99. The summed E-state index contributed by atoms with van der Waals surface area (Å²) in [6, 6.07) is 5.21. The normalized spacial score (nSPS) is 11.1. The Labute approximate surface area is 86.1 Å². The summed E-state index contributed by atoms with van der Waals surface area (Å²) in [5.74, 6) is 0. The Bertz CT molecular complexity index is 388. The number of hydrogen-bond acceptors (Lipinski definition) is 1. The molecule has 1 nitrogen and oxygen atoms in total. The highest BCUT2D eigenvalue weighted by molar-refractivity contribution is 5.38. The molecule has 0 aliphatic rings. The molecule has 0 unspecified atom stereocenters. The largest absolute Gasteiger partial charge is 0.416 e. The zero-order valence-electron chi connectivity index (χ0n) is 8.23. The number of nitriles is 1. The van der Waals surface area contributed by atoms with Crippen LogP contribution in [0.3, 0.4) is 0 Å². The number of benzene rings is 1. The average molecular weight is 213 g/mol. The predicted octanol–water partition coefficient (Wildman–Crippen LogP) is 3.53. The van der Waals surface area contributed by atoms with E-state index in [1.807, 2.05) is 6.92 Å². The first kappa shape index (κ1) is 11.6. The van der Waals surface area contributed by atoms with Crippen molar-refractivity contribution in [2.24, 2.45) is 0 Å². The number of aryl methyl sites for hydroxylation is 1. The third kappa shape index (κ3) is 2.98. The van der Waals surface area contributed by atoms with Gasteiger partial charge in [0.2, 0.25) is 0 Å². The molecule has 0 amide bonds. The van der Waals surface area contributed by atoms with Gasteiger partial charge in [0.25, 0.3) is 0 Å². The van der Waals surface area contributed by atoms with Crippen molar-refractivity contribution < 1.29 is 13.2 Å². The van der Waals surface area contributed by atoms with Crippen LogP contribution in [0.2, 0.25) is 0 Å². The maximum absolute atomic E-state index is 12.4. The first-order chi connectivity index (χ1) is 6.97. The molecule has 80 valence electrons. The summed E-state index contributed by atoms with van der Waals surface area (Å²) in [6.07, 6.45) is -3.07. The van der Waals surface area contributed by atoms with Gasteiger partial charge in [0.1, 0.15) is 0 Å². The molecule has 0 aliphatic heterocycles. The highest BCUT2D eigenvalue weighted by Crippen LogP contribution is 2.30. The van der Waals surface area contributed by atoms with Gasteiger partial charge in [-0.3, -0.25) is 0 Å². The summed E-state index contributed by atoms with van der Waals surface area (Å²) in [5.41, 5.74) is -0.123. The fraction of sp³-hybridized carbons (Fsp3) is 0.364. The van der Waals surface area contributed by atoms with Crippen molar-refractivity contribution in [3.63, 3.8) is 0 Å². The molecule has 0 radical (unpaired) electrons. The molecule has 15 heavy (non-hydrogen) atoms. The minimum absolute atomic E-state index is 0.0632. The average Bonchev–Trinajstić information content (AvgIpc) is 2.16. The van der Waals surface area contributed by atoms with Crippen molar-refractivity contribution in [2.75, 3.05) is 0 Å². The molecule has 0 fully saturated rings. The molecule has 1 aromatic rings. The number of rotatable bonds is 2. The van der Waals surface area contributed by atoms with E-state index in [-0.39, 0.29) is 5.56 Å². The zero-order valence-corrected chi connectivity index (χ0v) is 8.23. The summed E-state index contributed by atoms with van der Waals surface area (Å²) in [5, 5.41) is 8.60. The Morgan fingerprint density at radius 3 is 2.40 bits per heavy atom. The minimum Gasteiger partial charge on any atom is -0.192 e. The Balaban J connectivity index is 3.19. The zero-order chi connectivity index (χ0) is 11.5. The fourth-order valence-corrected chi connectivity index (χ4v) is 1.35. The van der Waals surface area contributed by atoms with E-state index >= 15 is 0 Å². The molecule has 0 aliphatic carbocycles. The van der Waals surface area contributed by atoms with Gasteiger partial charge in [-0.05, 0) is 30.2 Å². The van der Waals surface area contributed by atoms with E-state index in [1.165, 1.54) is 6.07 Å². The third-order valence-electron chi connectivity index (χ3n) is 1.99. The van der Waals surface area contributed by atoms with Gasteiger partial charge in [0.15, 0.2) is 0 Å². The van der Waals surface area contributed by atoms with Crippen LogP contribution in [0.15, 0.2) is 18.2 Å². The first-order valence-electron chi connectivity index (χ1n) is 4.58. The van der Waals surface area contributed by atoms with Crippen LogP contribution in [0, 0.1) is 11.3 Å². The van der Waals surface area contributed by atoms with E-state index < -0.39 is 11.7 Å². The van der Waals surface area contributed by atoms with Crippen LogP contribution >= 0.6 is 0 Å². The molecule has 0 heterocycles. The number of hydrogen-bond donors (Lipinski definition) is 0. The van der Waals surface area contributed by atoms with Gasteiger partial charge in [-0.15, -0.1) is 0 Å². The van der Waals surface area contributed by atoms with Gasteiger partial charge < -0.3 is 0 Å². The van der Waals surface area contributed by atoms with Gasteiger partial charge in [0.05, 0.1) is 17.2 Å². The lowest BCUT2D eigenvalue weighted by Gasteiger charge is -2.09. The summed E-state index contributed by atoms with van der Waals surface area (Å²) in [4.78, 5) is 0. The van der Waals surface area contributed by atoms with Crippen LogP contribution < -0.4 is 0 Å². The maximum atomic E-state index is 12.4. The predicted molar refractivity (Wildman–Crippen MR) is 50.2 cm³/mol. The fourth-order valence-electron chi connectivity index (χ4n) is 1.35. The number of alkyl halides is 3. The molecule has 0 saturated heterocycles. The van der Waals surface area contributed by atoms with E-state index in [4.69, 9.17) is 5.26 Å². The second-order valence-electron chi connectivity index (χ2n) is 3.28. The highest BCUT2D eigenvalue weighted by Gasteiger charge is 2.31. The monoisotopic (exact) mass is 213 g/mol. The van der Waals surface area contributed by atoms with Crippen molar-refractivity contribution in [1.29, 1.82) is 5.26 Å². The van der Waals surface area contributed by atoms with Crippen LogP contribution in [0.4, 0.5) is 13.2 Å². The van der Waals surface area contributed by atoms with Crippen molar-refractivity contribution in [1.82, 2.24) is 0 Å². The van der Waals surface area contributed by atoms with Gasteiger partial charge in [0, 0.05) is 0 Å². The smallest absolute Gasteiger partial charge is 0.192 e. The molecular formula is C11H10F3N. The summed E-state index contributed by atoms with van der Waals surface area (Å²) < 4.78 is 37.2. The van der Waals surface area contributed by atoms with Crippen LogP contribution in [0.5, 0.6) is 0 Å². The van der Waals surface area contributed by atoms with E-state index in [1.54, 1.807) is 6.07 Å². The van der Waals surface area contributed by atoms with Gasteiger partial charge in [-0.25, -0.2) is 0 Å². The van der Waals surface area contributed by atoms with Crippen molar-refractivity contribution >= 4 is 0 Å². The summed E-state index contributed by atoms with van der Waals surface area (Å²) in [6.45, 7) is 1.88. The van der Waals surface area contributed by atoms with Crippen LogP contribution in [0.1, 0.15) is 30.0 Å². The lowest BCUT2D eigenvalue weighted by molar-refractivity contribution is -0.137. The van der Waals surface area contributed by atoms with E-state index in [2.05, 4.69) is 0 Å². The summed E-state index contributed by atoms with van der Waals surface area (Å²) in [7, 11) is 0. The quantitative estimate of drug-likeness (QED) is 0.737. The van der Waals surface area contributed by atoms with Crippen molar-refractivity contribution in [3.05, 3.63) is 34.9 Å². The van der Waals surface area contributed by atoms with Crippen molar-refractivity contribution in [2.45, 2.75) is 25.9 Å². The van der Waals surface area contributed by atoms with E-state index in [9.17, 15) is 13.2 Å². The lowest BCUT2D eigenvalue weighted by Crippen LogP contribution is -2.06. The Morgan fingerprint density at radius 1 is 1.27 bits per heavy atom. The summed E-state index contributed by atoms with van der Waals surface area (Å²) >= 11 is 0. The van der Waals surface area contributed by atoms with Gasteiger partial charge in [-0.2, -0.15) is 18.4 Å². The molecule has 0 aromatic heterocycles.